The first-order chi connectivity index (χ1) is 16.0. The second-order valence-electron chi connectivity index (χ2n) is 8.08. The highest BCUT2D eigenvalue weighted by atomic mass is 32.2. The highest BCUT2D eigenvalue weighted by Crippen LogP contribution is 2.27. The van der Waals surface area contributed by atoms with E-state index >= 15 is 0 Å². The molecule has 0 aliphatic carbocycles. The topological polar surface area (TPSA) is 85.2 Å². The molecule has 1 aliphatic heterocycles. The molecule has 0 atom stereocenters. The Morgan fingerprint density at radius 3 is 2.64 bits per heavy atom. The summed E-state index contributed by atoms with van der Waals surface area (Å²) in [5, 5.41) is 9.73. The Morgan fingerprint density at radius 1 is 1.18 bits per heavy atom. The number of hydrogen-bond donors (Lipinski definition) is 1. The Labute approximate surface area is 202 Å². The number of nitrogens with one attached hydrogen (secondary N) is 1. The van der Waals surface area contributed by atoms with Gasteiger partial charge in [-0.2, -0.15) is 5.10 Å². The first-order valence-electron chi connectivity index (χ1n) is 11.2. The number of aromatic nitrogens is 4. The molecule has 0 bridgehead atoms. The van der Waals surface area contributed by atoms with Gasteiger partial charge in [0.2, 0.25) is 5.91 Å². The number of morpholine rings is 1. The second-order valence-corrected chi connectivity index (χ2v) is 10.5. The van der Waals surface area contributed by atoms with Crippen molar-refractivity contribution in [3.05, 3.63) is 36.0 Å². The first kappa shape index (κ1) is 23.8. The van der Waals surface area contributed by atoms with Crippen molar-refractivity contribution >= 4 is 46.3 Å². The van der Waals surface area contributed by atoms with E-state index in [1.54, 1.807) is 0 Å². The van der Waals surface area contributed by atoms with Crippen molar-refractivity contribution in [2.75, 3.05) is 44.0 Å². The predicted molar refractivity (Wildman–Crippen MR) is 134 cm³/mol. The van der Waals surface area contributed by atoms with Crippen LogP contribution in [0.5, 0.6) is 0 Å². The lowest BCUT2D eigenvalue weighted by molar-refractivity contribution is -0.120. The minimum Gasteiger partial charge on any atom is -0.378 e. The molecule has 1 N–H and O–H groups in total. The predicted octanol–water partition coefficient (Wildman–Crippen LogP) is 3.24. The van der Waals surface area contributed by atoms with E-state index in [4.69, 9.17) is 9.72 Å². The minimum absolute atomic E-state index is 0.00385. The summed E-state index contributed by atoms with van der Waals surface area (Å²) in [5.74, 6) is 0.908. The molecule has 1 aromatic carbocycles. The average Bonchev–Trinajstić information content (AvgIpc) is 3.23. The molecule has 33 heavy (non-hydrogen) atoms. The molecule has 3 aromatic rings. The number of anilines is 1. The molecule has 0 unspecified atom stereocenters. The highest BCUT2D eigenvalue weighted by molar-refractivity contribution is 7.99. The van der Waals surface area contributed by atoms with Crippen molar-refractivity contribution in [1.82, 2.24) is 25.1 Å². The molecule has 4 rings (SSSR count). The van der Waals surface area contributed by atoms with E-state index in [1.165, 1.54) is 16.7 Å². The summed E-state index contributed by atoms with van der Waals surface area (Å²) < 4.78 is 7.33. The van der Waals surface area contributed by atoms with Crippen molar-refractivity contribution in [1.29, 1.82) is 0 Å². The maximum Gasteiger partial charge on any atom is 0.224 e. The smallest absolute Gasteiger partial charge is 0.224 e. The van der Waals surface area contributed by atoms with Gasteiger partial charge in [-0.1, -0.05) is 37.7 Å². The van der Waals surface area contributed by atoms with Gasteiger partial charge in [0.25, 0.3) is 0 Å². The van der Waals surface area contributed by atoms with Crippen LogP contribution in [0.25, 0.3) is 11.0 Å². The van der Waals surface area contributed by atoms with Crippen molar-refractivity contribution in [3.63, 3.8) is 0 Å². The third-order valence-corrected chi connectivity index (χ3v) is 6.82. The van der Waals surface area contributed by atoms with Crippen LogP contribution in [0.3, 0.4) is 0 Å². The van der Waals surface area contributed by atoms with Crippen molar-refractivity contribution < 1.29 is 9.53 Å². The van der Waals surface area contributed by atoms with Crippen LogP contribution in [0.4, 0.5) is 5.82 Å². The first-order valence-corrected chi connectivity index (χ1v) is 13.3. The number of nitrogens with zero attached hydrogens (tertiary/aromatic N) is 5. The number of rotatable bonds is 9. The van der Waals surface area contributed by atoms with Gasteiger partial charge >= 0.3 is 0 Å². The van der Waals surface area contributed by atoms with E-state index in [-0.39, 0.29) is 5.91 Å². The molecule has 1 saturated heterocycles. The highest BCUT2D eigenvalue weighted by Gasteiger charge is 2.20. The van der Waals surface area contributed by atoms with Gasteiger partial charge in [-0.3, -0.25) is 4.79 Å². The van der Waals surface area contributed by atoms with Gasteiger partial charge < -0.3 is 15.0 Å². The summed E-state index contributed by atoms with van der Waals surface area (Å²) >= 11 is 3.34. The van der Waals surface area contributed by atoms with Gasteiger partial charge in [-0.25, -0.2) is 14.6 Å². The van der Waals surface area contributed by atoms with Crippen LogP contribution < -0.4 is 10.2 Å². The molecule has 10 heteroatoms. The number of hydrogen-bond acceptors (Lipinski definition) is 8. The SMILES string of the molecule is CSc1nc(N2CCOCC2)c2cnn(CCNC(=O)Cc3ccc(SC(C)C)cc3)c2n1. The zero-order valence-corrected chi connectivity index (χ0v) is 20.9. The molecular weight excluding hydrogens is 456 g/mol. The molecule has 3 heterocycles. The summed E-state index contributed by atoms with van der Waals surface area (Å²) in [6.45, 7) is 8.38. The summed E-state index contributed by atoms with van der Waals surface area (Å²) in [4.78, 5) is 25.3. The third kappa shape index (κ3) is 6.18. The number of carbonyl (C=O) groups is 1. The fourth-order valence-corrected chi connectivity index (χ4v) is 4.89. The lowest BCUT2D eigenvalue weighted by atomic mass is 10.1. The Morgan fingerprint density at radius 2 is 1.94 bits per heavy atom. The monoisotopic (exact) mass is 486 g/mol. The molecule has 0 radical (unpaired) electrons. The number of benzene rings is 1. The van der Waals surface area contributed by atoms with Crippen LogP contribution >= 0.6 is 23.5 Å². The van der Waals surface area contributed by atoms with Gasteiger partial charge in [0.1, 0.15) is 5.82 Å². The van der Waals surface area contributed by atoms with E-state index in [9.17, 15) is 4.79 Å². The lowest BCUT2D eigenvalue weighted by Crippen LogP contribution is -2.37. The van der Waals surface area contributed by atoms with E-state index in [0.717, 1.165) is 35.5 Å². The Hall–Kier alpha value is -2.30. The quantitative estimate of drug-likeness (QED) is 0.364. The van der Waals surface area contributed by atoms with Gasteiger partial charge in [0.15, 0.2) is 10.8 Å². The van der Waals surface area contributed by atoms with E-state index < -0.39 is 0 Å². The standard InChI is InChI=1S/C23H30N6O2S2/c1-16(2)33-18-6-4-17(5-7-18)14-20(30)24-8-9-29-22-19(15-25-29)21(26-23(27-22)32-3)28-10-12-31-13-11-28/h4-7,15-16H,8-14H2,1-3H3,(H,24,30). The van der Waals surface area contributed by atoms with Gasteiger partial charge in [-0.15, -0.1) is 11.8 Å². The largest absolute Gasteiger partial charge is 0.378 e. The summed E-state index contributed by atoms with van der Waals surface area (Å²) in [5.41, 5.74) is 1.81. The van der Waals surface area contributed by atoms with Crippen LogP contribution in [0.2, 0.25) is 0 Å². The van der Waals surface area contributed by atoms with E-state index in [1.807, 2.05) is 41.0 Å². The maximum atomic E-state index is 12.4. The van der Waals surface area contributed by atoms with Crippen molar-refractivity contribution in [2.45, 2.75) is 42.1 Å². The summed E-state index contributed by atoms with van der Waals surface area (Å²) in [6.07, 6.45) is 4.16. The zero-order valence-electron chi connectivity index (χ0n) is 19.3. The second kappa shape index (κ2) is 11.2. The molecular formula is C23H30N6O2S2. The minimum atomic E-state index is 0.00385. The van der Waals surface area contributed by atoms with Gasteiger partial charge in [0, 0.05) is 29.8 Å². The maximum absolute atomic E-state index is 12.4. The summed E-state index contributed by atoms with van der Waals surface area (Å²) in [6, 6.07) is 8.22. The molecule has 0 spiro atoms. The molecule has 0 saturated carbocycles. The molecule has 8 nitrogen and oxygen atoms in total. The zero-order chi connectivity index (χ0) is 23.2. The summed E-state index contributed by atoms with van der Waals surface area (Å²) in [7, 11) is 0. The van der Waals surface area contributed by atoms with Crippen LogP contribution in [0, 0.1) is 0 Å². The number of thioether (sulfide) groups is 2. The average molecular weight is 487 g/mol. The van der Waals surface area contributed by atoms with Gasteiger partial charge in [-0.05, 0) is 24.0 Å². The fraction of sp³-hybridized carbons (Fsp3) is 0.478. The van der Waals surface area contributed by atoms with E-state index in [0.29, 0.717) is 43.1 Å². The van der Waals surface area contributed by atoms with Crippen LogP contribution in [0.1, 0.15) is 19.4 Å². The van der Waals surface area contributed by atoms with Gasteiger partial charge in [0.05, 0.1) is 37.8 Å². The molecule has 1 fully saturated rings. The molecule has 2 aromatic heterocycles. The Kier molecular flexibility index (Phi) is 8.11. The Balaban J connectivity index is 1.37. The third-order valence-electron chi connectivity index (χ3n) is 5.25. The number of amides is 1. The van der Waals surface area contributed by atoms with Crippen LogP contribution in [0.15, 0.2) is 40.5 Å². The van der Waals surface area contributed by atoms with Crippen LogP contribution in [-0.2, 0) is 22.5 Å². The molecule has 1 aliphatic rings. The van der Waals surface area contributed by atoms with Crippen molar-refractivity contribution in [3.8, 4) is 0 Å². The van der Waals surface area contributed by atoms with Crippen LogP contribution in [-0.4, -0.2) is 70.0 Å². The number of fused-ring (bicyclic) bond motifs is 1. The molecule has 1 amide bonds. The van der Waals surface area contributed by atoms with E-state index in [2.05, 4.69) is 46.3 Å². The fourth-order valence-electron chi connectivity index (χ4n) is 3.70. The number of carbonyl (C=O) groups excluding carboxylic acids is 1. The van der Waals surface area contributed by atoms with Crippen molar-refractivity contribution in [2.24, 2.45) is 0 Å². The normalized spacial score (nSPS) is 14.2. The number of ether oxygens (including phenoxy) is 1. The molecule has 176 valence electrons. The Bertz CT molecular complexity index is 1080. The lowest BCUT2D eigenvalue weighted by Gasteiger charge is -2.28.